The lowest BCUT2D eigenvalue weighted by molar-refractivity contribution is 0.581. The summed E-state index contributed by atoms with van der Waals surface area (Å²) in [7, 11) is -1.71. The van der Waals surface area contributed by atoms with E-state index >= 15 is 0 Å². The highest BCUT2D eigenvalue weighted by molar-refractivity contribution is 7.99. The van der Waals surface area contributed by atoms with Crippen LogP contribution in [0.3, 0.4) is 0 Å². The maximum atomic E-state index is 11.9. The van der Waals surface area contributed by atoms with E-state index in [1.165, 1.54) is 12.3 Å². The molecule has 1 heterocycles. The number of pyridine rings is 1. The van der Waals surface area contributed by atoms with Crippen LogP contribution in [0, 0.1) is 0 Å². The molecule has 1 atom stereocenters. The third-order valence-electron chi connectivity index (χ3n) is 2.27. The number of thioether (sulfide) groups is 1. The average molecular weight is 275 g/mol. The second kappa shape index (κ2) is 6.23. The quantitative estimate of drug-likeness (QED) is 0.815. The van der Waals surface area contributed by atoms with E-state index in [2.05, 4.69) is 15.0 Å². The van der Waals surface area contributed by atoms with E-state index in [1.807, 2.05) is 13.2 Å². The first-order valence-corrected chi connectivity index (χ1v) is 7.93. The molecule has 1 aromatic heterocycles. The van der Waals surface area contributed by atoms with E-state index in [-0.39, 0.29) is 10.1 Å². The molecule has 17 heavy (non-hydrogen) atoms. The lowest BCUT2D eigenvalue weighted by Crippen LogP contribution is -2.29. The predicted molar refractivity (Wildman–Crippen MR) is 71.9 cm³/mol. The van der Waals surface area contributed by atoms with Crippen molar-refractivity contribution in [2.24, 2.45) is 0 Å². The van der Waals surface area contributed by atoms with Crippen LogP contribution < -0.4 is 10.0 Å². The number of sulfonamides is 1. The highest BCUT2D eigenvalue weighted by Gasteiger charge is 2.15. The second-order valence-electron chi connectivity index (χ2n) is 3.53. The molecule has 0 spiro atoms. The van der Waals surface area contributed by atoms with Gasteiger partial charge in [-0.05, 0) is 18.4 Å². The van der Waals surface area contributed by atoms with Gasteiger partial charge in [-0.1, -0.05) is 6.92 Å². The summed E-state index contributed by atoms with van der Waals surface area (Å²) in [5.74, 6) is 0.640. The van der Waals surface area contributed by atoms with E-state index in [4.69, 9.17) is 0 Å². The van der Waals surface area contributed by atoms with Crippen molar-refractivity contribution in [3.05, 3.63) is 18.3 Å². The van der Waals surface area contributed by atoms with Crippen molar-refractivity contribution in [3.63, 3.8) is 0 Å². The maximum absolute atomic E-state index is 11.9. The molecule has 1 unspecified atom stereocenters. The van der Waals surface area contributed by atoms with E-state index in [1.54, 1.807) is 24.9 Å². The van der Waals surface area contributed by atoms with Crippen molar-refractivity contribution in [2.45, 2.75) is 17.1 Å². The molecule has 5 nitrogen and oxygen atoms in total. The first-order valence-electron chi connectivity index (χ1n) is 5.16. The number of hydrogen-bond donors (Lipinski definition) is 2. The monoisotopic (exact) mass is 275 g/mol. The highest BCUT2D eigenvalue weighted by Crippen LogP contribution is 2.11. The lowest BCUT2D eigenvalue weighted by atomic mass is 10.5. The van der Waals surface area contributed by atoms with Crippen molar-refractivity contribution in [2.75, 3.05) is 25.2 Å². The lowest BCUT2D eigenvalue weighted by Gasteiger charge is -2.10. The van der Waals surface area contributed by atoms with Crippen LogP contribution in [0.4, 0.5) is 5.82 Å². The third-order valence-corrected chi connectivity index (χ3v) is 4.65. The van der Waals surface area contributed by atoms with Gasteiger partial charge in [0.05, 0.1) is 0 Å². The second-order valence-corrected chi connectivity index (χ2v) is 6.57. The van der Waals surface area contributed by atoms with Crippen LogP contribution in [0.1, 0.15) is 6.92 Å². The zero-order valence-electron chi connectivity index (χ0n) is 10.1. The SMILES string of the molecule is CNc1ccc(S(=O)(=O)NCC(C)SC)cn1. The summed E-state index contributed by atoms with van der Waals surface area (Å²) in [6.07, 6.45) is 3.29. The van der Waals surface area contributed by atoms with Crippen molar-refractivity contribution in [3.8, 4) is 0 Å². The van der Waals surface area contributed by atoms with Gasteiger partial charge in [0.15, 0.2) is 0 Å². The molecule has 0 aliphatic heterocycles. The Morgan fingerprint density at radius 1 is 1.47 bits per heavy atom. The fourth-order valence-electron chi connectivity index (χ4n) is 1.08. The Morgan fingerprint density at radius 2 is 2.18 bits per heavy atom. The molecule has 0 aromatic carbocycles. The smallest absolute Gasteiger partial charge is 0.242 e. The molecular formula is C10H17N3O2S2. The summed E-state index contributed by atoms with van der Waals surface area (Å²) in [6.45, 7) is 2.38. The van der Waals surface area contributed by atoms with Gasteiger partial charge in [0, 0.05) is 25.0 Å². The average Bonchev–Trinajstić information content (AvgIpc) is 2.36. The molecule has 7 heteroatoms. The van der Waals surface area contributed by atoms with Crippen LogP contribution in [0.2, 0.25) is 0 Å². The first-order chi connectivity index (χ1) is 7.99. The normalized spacial score (nSPS) is 13.4. The van der Waals surface area contributed by atoms with E-state index in [0.29, 0.717) is 12.4 Å². The van der Waals surface area contributed by atoms with Gasteiger partial charge >= 0.3 is 0 Å². The van der Waals surface area contributed by atoms with Gasteiger partial charge in [0.2, 0.25) is 10.0 Å². The van der Waals surface area contributed by atoms with Crippen molar-refractivity contribution >= 4 is 27.6 Å². The van der Waals surface area contributed by atoms with E-state index in [0.717, 1.165) is 0 Å². The summed E-state index contributed by atoms with van der Waals surface area (Å²) in [4.78, 5) is 4.16. The minimum Gasteiger partial charge on any atom is -0.373 e. The molecule has 1 rings (SSSR count). The Balaban J connectivity index is 2.75. The van der Waals surface area contributed by atoms with E-state index in [9.17, 15) is 8.42 Å². The molecule has 0 bridgehead atoms. The summed E-state index contributed by atoms with van der Waals surface area (Å²) in [5, 5.41) is 3.08. The van der Waals surface area contributed by atoms with Crippen LogP contribution in [0.5, 0.6) is 0 Å². The van der Waals surface area contributed by atoms with Gasteiger partial charge in [-0.15, -0.1) is 0 Å². The van der Waals surface area contributed by atoms with Crippen LogP contribution in [-0.4, -0.2) is 38.5 Å². The molecule has 0 saturated heterocycles. The molecule has 0 fully saturated rings. The van der Waals surface area contributed by atoms with Gasteiger partial charge < -0.3 is 5.32 Å². The number of aromatic nitrogens is 1. The fourth-order valence-corrected chi connectivity index (χ4v) is 2.51. The van der Waals surface area contributed by atoms with Gasteiger partial charge in [-0.3, -0.25) is 0 Å². The summed E-state index contributed by atoms with van der Waals surface area (Å²) in [6, 6.07) is 3.16. The number of anilines is 1. The zero-order chi connectivity index (χ0) is 12.9. The largest absolute Gasteiger partial charge is 0.373 e. The van der Waals surface area contributed by atoms with Gasteiger partial charge in [-0.2, -0.15) is 11.8 Å². The Hall–Kier alpha value is -0.790. The van der Waals surface area contributed by atoms with Crippen LogP contribution in [0.25, 0.3) is 0 Å². The number of hydrogen-bond acceptors (Lipinski definition) is 5. The van der Waals surface area contributed by atoms with Crippen molar-refractivity contribution in [1.29, 1.82) is 0 Å². The minimum absolute atomic E-state index is 0.185. The molecule has 0 aliphatic carbocycles. The predicted octanol–water partition coefficient (Wildman–Crippen LogP) is 1.15. The zero-order valence-corrected chi connectivity index (χ0v) is 11.7. The van der Waals surface area contributed by atoms with Gasteiger partial charge in [0.25, 0.3) is 0 Å². The van der Waals surface area contributed by atoms with Gasteiger partial charge in [-0.25, -0.2) is 18.1 Å². The Labute approximate surface area is 106 Å². The molecule has 2 N–H and O–H groups in total. The third kappa shape index (κ3) is 4.18. The summed E-state index contributed by atoms with van der Waals surface area (Å²) >= 11 is 1.61. The highest BCUT2D eigenvalue weighted by atomic mass is 32.2. The molecular weight excluding hydrogens is 258 g/mol. The first kappa shape index (κ1) is 14.3. The van der Waals surface area contributed by atoms with E-state index < -0.39 is 10.0 Å². The van der Waals surface area contributed by atoms with Crippen LogP contribution >= 0.6 is 11.8 Å². The van der Waals surface area contributed by atoms with Crippen LogP contribution in [-0.2, 0) is 10.0 Å². The minimum atomic E-state index is -3.44. The molecule has 0 aliphatic rings. The Kier molecular flexibility index (Phi) is 5.23. The van der Waals surface area contributed by atoms with Crippen molar-refractivity contribution < 1.29 is 8.42 Å². The molecule has 0 radical (unpaired) electrons. The maximum Gasteiger partial charge on any atom is 0.242 e. The number of nitrogens with one attached hydrogen (secondary N) is 2. The standard InChI is InChI=1S/C10H17N3O2S2/c1-8(16-3)6-13-17(14,15)9-4-5-10(11-2)12-7-9/h4-5,7-8,13H,6H2,1-3H3,(H,11,12). The van der Waals surface area contributed by atoms with Crippen LogP contribution in [0.15, 0.2) is 23.2 Å². The molecule has 96 valence electrons. The number of rotatable bonds is 6. The Morgan fingerprint density at radius 3 is 2.65 bits per heavy atom. The topological polar surface area (TPSA) is 71.1 Å². The summed E-state index contributed by atoms with van der Waals surface area (Å²) < 4.78 is 26.3. The molecule has 0 saturated carbocycles. The molecule has 1 aromatic rings. The van der Waals surface area contributed by atoms with Gasteiger partial charge in [0.1, 0.15) is 10.7 Å². The Bertz CT molecular complexity index is 445. The summed E-state index contributed by atoms with van der Waals surface area (Å²) in [5.41, 5.74) is 0. The van der Waals surface area contributed by atoms with Crippen molar-refractivity contribution in [1.82, 2.24) is 9.71 Å². The molecule has 0 amide bonds. The number of nitrogens with zero attached hydrogens (tertiary/aromatic N) is 1. The fraction of sp³-hybridized carbons (Fsp3) is 0.500.